The van der Waals surface area contributed by atoms with Crippen molar-refractivity contribution in [3.05, 3.63) is 53.1 Å². The molecular weight excluding hydrogens is 296 g/mol. The average Bonchev–Trinajstić information content (AvgIpc) is 2.64. The van der Waals surface area contributed by atoms with Crippen molar-refractivity contribution in [3.8, 4) is 16.9 Å². The minimum Gasteiger partial charge on any atom is -0.497 e. The van der Waals surface area contributed by atoms with Crippen LogP contribution in [0.5, 0.6) is 5.75 Å². The average molecular weight is 326 g/mol. The van der Waals surface area contributed by atoms with Gasteiger partial charge in [-0.15, -0.1) is 0 Å². The van der Waals surface area contributed by atoms with Gasteiger partial charge in [0.1, 0.15) is 5.75 Å². The minimum absolute atomic E-state index is 0.0838. The zero-order valence-corrected chi connectivity index (χ0v) is 15.3. The Hall–Kier alpha value is -1.80. The summed E-state index contributed by atoms with van der Waals surface area (Å²) in [5, 5.41) is 9.96. The number of benzene rings is 2. The maximum absolute atomic E-state index is 9.96. The lowest BCUT2D eigenvalue weighted by atomic mass is 9.89. The van der Waals surface area contributed by atoms with Crippen molar-refractivity contribution in [2.45, 2.75) is 59.0 Å². The molecule has 0 aromatic heterocycles. The van der Waals surface area contributed by atoms with Crippen molar-refractivity contribution in [2.24, 2.45) is 0 Å². The molecule has 1 N–H and O–H groups in total. The number of methoxy groups -OCH3 is 1. The van der Waals surface area contributed by atoms with Crippen LogP contribution in [0.4, 0.5) is 0 Å². The Labute approximate surface area is 146 Å². The summed E-state index contributed by atoms with van der Waals surface area (Å²) in [6, 6.07) is 12.7. The van der Waals surface area contributed by atoms with E-state index in [0.29, 0.717) is 0 Å². The van der Waals surface area contributed by atoms with Crippen LogP contribution in [0.2, 0.25) is 0 Å². The van der Waals surface area contributed by atoms with E-state index in [1.165, 1.54) is 42.4 Å². The quantitative estimate of drug-likeness (QED) is 0.655. The Bertz CT molecular complexity index is 629. The standard InChI is InChI=1S/C22H30O2/c1-4-6-8-17-14-19(9-7-5-2)22(20(15-17)16-23)18-10-12-21(24-3)13-11-18/h10-15,23H,4-9,16H2,1-3H3. The zero-order valence-electron chi connectivity index (χ0n) is 15.3. The Balaban J connectivity index is 2.48. The second-order valence-electron chi connectivity index (χ2n) is 6.38. The summed E-state index contributed by atoms with van der Waals surface area (Å²) in [6.45, 7) is 4.53. The monoisotopic (exact) mass is 326 g/mol. The van der Waals surface area contributed by atoms with E-state index in [1.807, 2.05) is 12.1 Å². The number of hydrogen-bond acceptors (Lipinski definition) is 2. The molecule has 0 aliphatic carbocycles. The summed E-state index contributed by atoms with van der Waals surface area (Å²) in [4.78, 5) is 0. The van der Waals surface area contributed by atoms with E-state index in [4.69, 9.17) is 4.74 Å². The van der Waals surface area contributed by atoms with E-state index >= 15 is 0 Å². The topological polar surface area (TPSA) is 29.5 Å². The van der Waals surface area contributed by atoms with Crippen LogP contribution in [0.3, 0.4) is 0 Å². The summed E-state index contributed by atoms with van der Waals surface area (Å²) < 4.78 is 5.27. The molecule has 0 spiro atoms. The summed E-state index contributed by atoms with van der Waals surface area (Å²) in [5.74, 6) is 0.860. The number of ether oxygens (including phenoxy) is 1. The molecule has 0 fully saturated rings. The van der Waals surface area contributed by atoms with Gasteiger partial charge in [-0.3, -0.25) is 0 Å². The normalized spacial score (nSPS) is 10.8. The van der Waals surface area contributed by atoms with E-state index in [0.717, 1.165) is 29.7 Å². The third kappa shape index (κ3) is 4.61. The molecule has 2 rings (SSSR count). The van der Waals surface area contributed by atoms with Gasteiger partial charge < -0.3 is 9.84 Å². The molecule has 0 unspecified atom stereocenters. The van der Waals surface area contributed by atoms with Gasteiger partial charge in [-0.1, -0.05) is 51.0 Å². The van der Waals surface area contributed by atoms with Crippen LogP contribution in [-0.4, -0.2) is 12.2 Å². The smallest absolute Gasteiger partial charge is 0.118 e. The zero-order chi connectivity index (χ0) is 17.4. The van der Waals surface area contributed by atoms with Gasteiger partial charge in [-0.25, -0.2) is 0 Å². The molecule has 0 heterocycles. The molecule has 0 saturated heterocycles. The first-order valence-corrected chi connectivity index (χ1v) is 9.13. The number of unbranched alkanes of at least 4 members (excludes halogenated alkanes) is 2. The van der Waals surface area contributed by atoms with E-state index in [9.17, 15) is 5.11 Å². The maximum atomic E-state index is 9.96. The van der Waals surface area contributed by atoms with Crippen LogP contribution in [0.15, 0.2) is 36.4 Å². The number of aliphatic hydroxyl groups excluding tert-OH is 1. The van der Waals surface area contributed by atoms with Crippen LogP contribution in [0.1, 0.15) is 56.2 Å². The van der Waals surface area contributed by atoms with Gasteiger partial charge in [0.25, 0.3) is 0 Å². The van der Waals surface area contributed by atoms with Gasteiger partial charge in [0.15, 0.2) is 0 Å². The first-order valence-electron chi connectivity index (χ1n) is 9.13. The van der Waals surface area contributed by atoms with Gasteiger partial charge in [0, 0.05) is 0 Å². The molecule has 0 amide bonds. The first-order chi connectivity index (χ1) is 11.7. The second-order valence-corrected chi connectivity index (χ2v) is 6.38. The molecule has 2 aromatic rings. The molecule has 24 heavy (non-hydrogen) atoms. The summed E-state index contributed by atoms with van der Waals surface area (Å²) >= 11 is 0. The molecule has 0 saturated carbocycles. The fraction of sp³-hybridized carbons (Fsp3) is 0.455. The first kappa shape index (κ1) is 18.5. The Morgan fingerprint density at radius 2 is 1.50 bits per heavy atom. The van der Waals surface area contributed by atoms with Crippen molar-refractivity contribution < 1.29 is 9.84 Å². The van der Waals surface area contributed by atoms with Crippen LogP contribution in [-0.2, 0) is 19.4 Å². The highest BCUT2D eigenvalue weighted by molar-refractivity contribution is 5.72. The third-order valence-corrected chi connectivity index (χ3v) is 4.53. The molecule has 2 heteroatoms. The molecule has 0 aliphatic rings. The van der Waals surface area contributed by atoms with Gasteiger partial charge >= 0.3 is 0 Å². The fourth-order valence-electron chi connectivity index (χ4n) is 3.18. The molecule has 130 valence electrons. The van der Waals surface area contributed by atoms with Gasteiger partial charge in [-0.2, -0.15) is 0 Å². The number of rotatable bonds is 9. The van der Waals surface area contributed by atoms with Crippen molar-refractivity contribution in [3.63, 3.8) is 0 Å². The number of hydrogen-bond donors (Lipinski definition) is 1. The Kier molecular flexibility index (Phi) is 7.33. The van der Waals surface area contributed by atoms with E-state index in [-0.39, 0.29) is 6.61 Å². The van der Waals surface area contributed by atoms with Crippen molar-refractivity contribution in [1.82, 2.24) is 0 Å². The van der Waals surface area contributed by atoms with Crippen molar-refractivity contribution >= 4 is 0 Å². The van der Waals surface area contributed by atoms with Crippen LogP contribution in [0.25, 0.3) is 11.1 Å². The second kappa shape index (κ2) is 9.48. The lowest BCUT2D eigenvalue weighted by molar-refractivity contribution is 0.282. The van der Waals surface area contributed by atoms with E-state index in [1.54, 1.807) is 7.11 Å². The maximum Gasteiger partial charge on any atom is 0.118 e. The van der Waals surface area contributed by atoms with Crippen LogP contribution < -0.4 is 4.74 Å². The van der Waals surface area contributed by atoms with Gasteiger partial charge in [0.05, 0.1) is 13.7 Å². The SMILES string of the molecule is CCCCc1cc(CO)c(-c2ccc(OC)cc2)c(CCCC)c1. The van der Waals surface area contributed by atoms with Crippen molar-refractivity contribution in [2.75, 3.05) is 7.11 Å². The Morgan fingerprint density at radius 1 is 0.875 bits per heavy atom. The van der Waals surface area contributed by atoms with Gasteiger partial charge in [-0.05, 0) is 65.6 Å². The molecule has 2 aromatic carbocycles. The summed E-state index contributed by atoms with van der Waals surface area (Å²) in [6.07, 6.45) is 6.89. The Morgan fingerprint density at radius 3 is 2.08 bits per heavy atom. The molecule has 0 radical (unpaired) electrons. The third-order valence-electron chi connectivity index (χ3n) is 4.53. The molecule has 0 bridgehead atoms. The number of aliphatic hydroxyl groups is 1. The van der Waals surface area contributed by atoms with E-state index in [2.05, 4.69) is 38.1 Å². The molecule has 2 nitrogen and oxygen atoms in total. The fourth-order valence-corrected chi connectivity index (χ4v) is 3.18. The lowest BCUT2D eigenvalue weighted by Gasteiger charge is -2.17. The minimum atomic E-state index is 0.0838. The van der Waals surface area contributed by atoms with Crippen LogP contribution >= 0.6 is 0 Å². The largest absolute Gasteiger partial charge is 0.497 e. The van der Waals surface area contributed by atoms with E-state index < -0.39 is 0 Å². The highest BCUT2D eigenvalue weighted by Gasteiger charge is 2.13. The van der Waals surface area contributed by atoms with Crippen molar-refractivity contribution in [1.29, 1.82) is 0 Å². The molecular formula is C22H30O2. The lowest BCUT2D eigenvalue weighted by Crippen LogP contribution is -2.00. The van der Waals surface area contributed by atoms with Gasteiger partial charge in [0.2, 0.25) is 0 Å². The predicted molar refractivity (Wildman–Crippen MR) is 102 cm³/mol. The molecule has 0 atom stereocenters. The predicted octanol–water partition coefficient (Wildman–Crippen LogP) is 5.54. The molecule has 0 aliphatic heterocycles. The van der Waals surface area contributed by atoms with Crippen LogP contribution in [0, 0.1) is 0 Å². The highest BCUT2D eigenvalue weighted by Crippen LogP contribution is 2.32. The highest BCUT2D eigenvalue weighted by atomic mass is 16.5. The summed E-state index contributed by atoms with van der Waals surface area (Å²) in [5.41, 5.74) is 6.12. The summed E-state index contributed by atoms with van der Waals surface area (Å²) in [7, 11) is 1.68. The number of aryl methyl sites for hydroxylation is 2.